The van der Waals surface area contributed by atoms with E-state index in [9.17, 15) is 0 Å². The van der Waals surface area contributed by atoms with Gasteiger partial charge in [0.25, 0.3) is 0 Å². The van der Waals surface area contributed by atoms with Gasteiger partial charge in [-0.05, 0) is 130 Å². The lowest BCUT2D eigenvalue weighted by molar-refractivity contribution is 0.660. The third-order valence-corrected chi connectivity index (χ3v) is 13.9. The van der Waals surface area contributed by atoms with Crippen molar-refractivity contribution in [1.82, 2.24) is 0 Å². The molecule has 0 bridgehead atoms. The normalized spacial score (nSPS) is 12.5. The number of hydrogen-bond acceptors (Lipinski definition) is 1. The highest BCUT2D eigenvalue weighted by atomic mass is 15.1. The quantitative estimate of drug-likeness (QED) is 0.147. The summed E-state index contributed by atoms with van der Waals surface area (Å²) in [5.74, 6) is 0. The zero-order valence-corrected chi connectivity index (χ0v) is 37.1. The van der Waals surface area contributed by atoms with Crippen molar-refractivity contribution in [3.05, 3.63) is 260 Å². The summed E-state index contributed by atoms with van der Waals surface area (Å²) in [7, 11) is 0. The summed E-state index contributed by atoms with van der Waals surface area (Å²) < 4.78 is 0. The number of rotatable bonds is 8. The Morgan fingerprint density at radius 1 is 0.288 bits per heavy atom. The Morgan fingerprint density at radius 2 is 0.788 bits per heavy atom. The largest absolute Gasteiger partial charge is 0.310 e. The molecule has 11 aromatic rings. The standard InChI is InChI=1S/C65H47N/c1-65(2)61-32-13-12-25-58(61)59-41-39-51(43-62(59)65)66(50-37-34-45(35-38-50)44-18-6-3-7-19-44)63-33-17-28-55(49-36-40-54-48(42-49)24-14-26-52(54)46-20-8-4-9-21-46)64(63)60-31-16-29-56-53(27-15-30-57(56)60)47-22-10-5-11-23-47/h3-43H,1-2H3. The van der Waals surface area contributed by atoms with E-state index in [4.69, 9.17) is 0 Å². The molecule has 66 heavy (non-hydrogen) atoms. The van der Waals surface area contributed by atoms with E-state index in [1.165, 1.54) is 99.4 Å². The van der Waals surface area contributed by atoms with Gasteiger partial charge in [0.05, 0.1) is 5.69 Å². The summed E-state index contributed by atoms with van der Waals surface area (Å²) in [6, 6.07) is 91.6. The Hall–Kier alpha value is -8.26. The number of benzene rings is 11. The summed E-state index contributed by atoms with van der Waals surface area (Å²) >= 11 is 0. The van der Waals surface area contributed by atoms with Gasteiger partial charge in [-0.2, -0.15) is 0 Å². The second kappa shape index (κ2) is 16.1. The van der Waals surface area contributed by atoms with E-state index in [1.807, 2.05) is 0 Å². The Kier molecular flexibility index (Phi) is 9.58. The van der Waals surface area contributed by atoms with Crippen LogP contribution in [0.3, 0.4) is 0 Å². The van der Waals surface area contributed by atoms with Crippen molar-refractivity contribution >= 4 is 38.6 Å². The average Bonchev–Trinajstić information content (AvgIpc) is 3.61. The van der Waals surface area contributed by atoms with Crippen LogP contribution in [-0.2, 0) is 5.41 Å². The molecule has 0 amide bonds. The highest BCUT2D eigenvalue weighted by Crippen LogP contribution is 2.53. The molecule has 0 saturated carbocycles. The maximum Gasteiger partial charge on any atom is 0.0546 e. The fourth-order valence-electron chi connectivity index (χ4n) is 10.7. The number of anilines is 3. The minimum Gasteiger partial charge on any atom is -0.310 e. The predicted octanol–water partition coefficient (Wildman–Crippen LogP) is 18.1. The molecule has 0 radical (unpaired) electrons. The molecule has 0 N–H and O–H groups in total. The Balaban J connectivity index is 1.13. The highest BCUT2D eigenvalue weighted by Gasteiger charge is 2.36. The minimum absolute atomic E-state index is 0.164. The van der Waals surface area contributed by atoms with E-state index < -0.39 is 0 Å². The van der Waals surface area contributed by atoms with Gasteiger partial charge in [0.2, 0.25) is 0 Å². The zero-order chi connectivity index (χ0) is 44.2. The molecular weight excluding hydrogens is 795 g/mol. The summed E-state index contributed by atoms with van der Waals surface area (Å²) in [5.41, 5.74) is 20.5. The third kappa shape index (κ3) is 6.63. The van der Waals surface area contributed by atoms with Crippen LogP contribution in [-0.4, -0.2) is 0 Å². The van der Waals surface area contributed by atoms with Crippen molar-refractivity contribution in [2.75, 3.05) is 4.90 Å². The molecule has 1 aliphatic rings. The Labute approximate surface area is 387 Å². The number of fused-ring (bicyclic) bond motifs is 5. The second-order valence-corrected chi connectivity index (χ2v) is 18.0. The van der Waals surface area contributed by atoms with Gasteiger partial charge in [-0.1, -0.05) is 226 Å². The Bertz CT molecular complexity index is 3590. The number of hydrogen-bond donors (Lipinski definition) is 0. The zero-order valence-electron chi connectivity index (χ0n) is 37.1. The SMILES string of the molecule is CC1(C)c2ccccc2-c2ccc(N(c3ccc(-c4ccccc4)cc3)c3cccc(-c4ccc5c(-c6ccccc6)cccc5c4)c3-c3cccc4c(-c5ccccc5)cccc34)cc21. The summed E-state index contributed by atoms with van der Waals surface area (Å²) in [6.45, 7) is 4.74. The van der Waals surface area contributed by atoms with Gasteiger partial charge in [-0.25, -0.2) is 0 Å². The van der Waals surface area contributed by atoms with Crippen LogP contribution in [0.5, 0.6) is 0 Å². The van der Waals surface area contributed by atoms with E-state index in [0.717, 1.165) is 17.1 Å². The van der Waals surface area contributed by atoms with Gasteiger partial charge in [-0.3, -0.25) is 0 Å². The maximum atomic E-state index is 2.50. The minimum atomic E-state index is -0.164. The molecule has 0 aromatic heterocycles. The molecule has 0 heterocycles. The average molecular weight is 842 g/mol. The smallest absolute Gasteiger partial charge is 0.0546 e. The van der Waals surface area contributed by atoms with Crippen LogP contribution in [0.15, 0.2) is 249 Å². The van der Waals surface area contributed by atoms with Gasteiger partial charge in [0.15, 0.2) is 0 Å². The summed E-state index contributed by atoms with van der Waals surface area (Å²) in [4.78, 5) is 2.50. The highest BCUT2D eigenvalue weighted by molar-refractivity contribution is 6.10. The van der Waals surface area contributed by atoms with Crippen LogP contribution in [0.2, 0.25) is 0 Å². The molecule has 0 fully saturated rings. The molecule has 1 nitrogen and oxygen atoms in total. The Morgan fingerprint density at radius 3 is 1.50 bits per heavy atom. The second-order valence-electron chi connectivity index (χ2n) is 18.0. The van der Waals surface area contributed by atoms with Gasteiger partial charge < -0.3 is 4.90 Å². The van der Waals surface area contributed by atoms with Crippen LogP contribution in [0.1, 0.15) is 25.0 Å². The summed E-state index contributed by atoms with van der Waals surface area (Å²) in [5, 5.41) is 4.89. The lowest BCUT2D eigenvalue weighted by Gasteiger charge is -2.31. The predicted molar refractivity (Wildman–Crippen MR) is 281 cm³/mol. The van der Waals surface area contributed by atoms with Crippen molar-refractivity contribution in [3.8, 4) is 66.8 Å². The van der Waals surface area contributed by atoms with Gasteiger partial charge in [0, 0.05) is 22.4 Å². The van der Waals surface area contributed by atoms with E-state index in [1.54, 1.807) is 0 Å². The molecule has 0 saturated heterocycles. The van der Waals surface area contributed by atoms with Crippen LogP contribution >= 0.6 is 0 Å². The van der Waals surface area contributed by atoms with Crippen molar-refractivity contribution in [2.24, 2.45) is 0 Å². The molecule has 11 aromatic carbocycles. The molecule has 0 unspecified atom stereocenters. The molecule has 1 aliphatic carbocycles. The van der Waals surface area contributed by atoms with Crippen molar-refractivity contribution in [2.45, 2.75) is 19.3 Å². The molecular formula is C65H47N. The van der Waals surface area contributed by atoms with Crippen molar-refractivity contribution in [3.63, 3.8) is 0 Å². The maximum absolute atomic E-state index is 2.50. The first-order chi connectivity index (χ1) is 32.5. The first-order valence-electron chi connectivity index (χ1n) is 23.0. The molecule has 312 valence electrons. The fraction of sp³-hybridized carbons (Fsp3) is 0.0462. The topological polar surface area (TPSA) is 3.24 Å². The van der Waals surface area contributed by atoms with E-state index in [-0.39, 0.29) is 5.41 Å². The first kappa shape index (κ1) is 39.3. The van der Waals surface area contributed by atoms with Crippen molar-refractivity contribution in [1.29, 1.82) is 0 Å². The van der Waals surface area contributed by atoms with E-state index in [2.05, 4.69) is 267 Å². The van der Waals surface area contributed by atoms with Crippen LogP contribution in [0, 0.1) is 0 Å². The molecule has 12 rings (SSSR count). The van der Waals surface area contributed by atoms with E-state index in [0.29, 0.717) is 0 Å². The molecule has 1 heteroatoms. The van der Waals surface area contributed by atoms with Gasteiger partial charge >= 0.3 is 0 Å². The first-order valence-corrected chi connectivity index (χ1v) is 23.0. The third-order valence-electron chi connectivity index (χ3n) is 13.9. The molecule has 0 spiro atoms. The van der Waals surface area contributed by atoms with Crippen LogP contribution in [0.4, 0.5) is 17.1 Å². The molecule has 0 atom stereocenters. The lowest BCUT2D eigenvalue weighted by Crippen LogP contribution is -2.17. The van der Waals surface area contributed by atoms with Gasteiger partial charge in [-0.15, -0.1) is 0 Å². The monoisotopic (exact) mass is 841 g/mol. The van der Waals surface area contributed by atoms with Gasteiger partial charge in [0.1, 0.15) is 0 Å². The van der Waals surface area contributed by atoms with Crippen molar-refractivity contribution < 1.29 is 0 Å². The van der Waals surface area contributed by atoms with Crippen LogP contribution < -0.4 is 4.90 Å². The van der Waals surface area contributed by atoms with E-state index >= 15 is 0 Å². The molecule has 0 aliphatic heterocycles. The number of nitrogens with zero attached hydrogens (tertiary/aromatic N) is 1. The fourth-order valence-corrected chi connectivity index (χ4v) is 10.7. The lowest BCUT2D eigenvalue weighted by atomic mass is 9.82. The summed E-state index contributed by atoms with van der Waals surface area (Å²) in [6.07, 6.45) is 0. The van der Waals surface area contributed by atoms with Crippen LogP contribution in [0.25, 0.3) is 88.3 Å².